The number of hydrogen-bond acceptors (Lipinski definition) is 5. The Kier molecular flexibility index (Phi) is 8.26. The molecule has 164 valence electrons. The van der Waals surface area contributed by atoms with E-state index in [1.807, 2.05) is 58.0 Å². The molecule has 1 aromatic carbocycles. The van der Waals surface area contributed by atoms with Gasteiger partial charge < -0.3 is 24.8 Å². The van der Waals surface area contributed by atoms with Crippen molar-refractivity contribution >= 4 is 12.1 Å². The van der Waals surface area contributed by atoms with E-state index in [2.05, 4.69) is 20.8 Å². The normalized spacial score (nSPS) is 11.9. The number of amides is 1. The summed E-state index contributed by atoms with van der Waals surface area (Å²) in [5.74, 6) is 1.45. The summed E-state index contributed by atoms with van der Waals surface area (Å²) >= 11 is 0. The second-order valence-corrected chi connectivity index (χ2v) is 8.07. The van der Waals surface area contributed by atoms with E-state index < -0.39 is 5.60 Å². The molecular weight excluding hydrogens is 382 g/mol. The topological polar surface area (TPSA) is 92.0 Å². The standard InChI is InChI=1S/C22H33N5O3/c1-7-18-12-19(30-26-18)14-25-20(23-5)24-13-16-8-10-17(11-9-16)15-27(6)21(28)29-22(2,3)4/h8-12H,7,13-15H2,1-6H3,(H2,23,24,25). The lowest BCUT2D eigenvalue weighted by molar-refractivity contribution is 0.0285. The number of rotatable bonds is 7. The molecule has 0 aliphatic carbocycles. The van der Waals surface area contributed by atoms with Gasteiger partial charge in [0.1, 0.15) is 5.60 Å². The second kappa shape index (κ2) is 10.7. The number of benzene rings is 1. The highest BCUT2D eigenvalue weighted by Crippen LogP contribution is 2.12. The first-order valence-corrected chi connectivity index (χ1v) is 10.1. The highest BCUT2D eigenvalue weighted by molar-refractivity contribution is 5.79. The summed E-state index contributed by atoms with van der Waals surface area (Å²) < 4.78 is 10.7. The molecule has 0 aliphatic heterocycles. The molecule has 30 heavy (non-hydrogen) atoms. The maximum atomic E-state index is 12.1. The quantitative estimate of drug-likeness (QED) is 0.531. The number of nitrogens with one attached hydrogen (secondary N) is 2. The van der Waals surface area contributed by atoms with E-state index in [1.165, 1.54) is 0 Å². The molecule has 0 atom stereocenters. The molecule has 0 aliphatic rings. The first kappa shape index (κ1) is 23.3. The first-order valence-electron chi connectivity index (χ1n) is 10.1. The molecule has 8 heteroatoms. The fourth-order valence-corrected chi connectivity index (χ4v) is 2.62. The summed E-state index contributed by atoms with van der Waals surface area (Å²) in [5, 5.41) is 10.5. The Hall–Kier alpha value is -3.03. The number of hydrogen-bond donors (Lipinski definition) is 2. The maximum absolute atomic E-state index is 12.1. The number of carbonyl (C=O) groups excluding carboxylic acids is 1. The summed E-state index contributed by atoms with van der Waals surface area (Å²) in [7, 11) is 3.46. The van der Waals surface area contributed by atoms with Crippen LogP contribution in [0.25, 0.3) is 0 Å². The number of aromatic nitrogens is 1. The highest BCUT2D eigenvalue weighted by atomic mass is 16.6. The van der Waals surface area contributed by atoms with Gasteiger partial charge in [0.05, 0.1) is 12.2 Å². The second-order valence-electron chi connectivity index (χ2n) is 8.07. The van der Waals surface area contributed by atoms with Gasteiger partial charge in [-0.15, -0.1) is 0 Å². The van der Waals surface area contributed by atoms with E-state index in [0.717, 1.165) is 29.0 Å². The van der Waals surface area contributed by atoms with Crippen molar-refractivity contribution in [2.24, 2.45) is 4.99 Å². The van der Waals surface area contributed by atoms with Crippen molar-refractivity contribution in [1.29, 1.82) is 0 Å². The van der Waals surface area contributed by atoms with Crippen LogP contribution in [0, 0.1) is 0 Å². The highest BCUT2D eigenvalue weighted by Gasteiger charge is 2.19. The van der Waals surface area contributed by atoms with E-state index in [4.69, 9.17) is 9.26 Å². The van der Waals surface area contributed by atoms with Crippen molar-refractivity contribution in [2.75, 3.05) is 14.1 Å². The van der Waals surface area contributed by atoms with Crippen molar-refractivity contribution < 1.29 is 14.1 Å². The molecule has 1 aromatic heterocycles. The molecule has 1 amide bonds. The van der Waals surface area contributed by atoms with E-state index in [0.29, 0.717) is 25.6 Å². The number of aryl methyl sites for hydroxylation is 1. The van der Waals surface area contributed by atoms with E-state index in [1.54, 1.807) is 19.0 Å². The summed E-state index contributed by atoms with van der Waals surface area (Å²) in [4.78, 5) is 17.9. The molecule has 1 heterocycles. The predicted molar refractivity (Wildman–Crippen MR) is 117 cm³/mol. The molecule has 0 saturated heterocycles. The zero-order valence-electron chi connectivity index (χ0n) is 18.8. The SMILES string of the molecule is CCc1cc(CNC(=NC)NCc2ccc(CN(C)C(=O)OC(C)(C)C)cc2)on1. The van der Waals surface area contributed by atoms with Crippen LogP contribution in [0.5, 0.6) is 0 Å². The van der Waals surface area contributed by atoms with Crippen molar-refractivity contribution in [3.05, 3.63) is 52.9 Å². The Bertz CT molecular complexity index is 837. The van der Waals surface area contributed by atoms with Crippen LogP contribution in [0.3, 0.4) is 0 Å². The summed E-state index contributed by atoms with van der Waals surface area (Å²) in [5.41, 5.74) is 2.58. The number of aliphatic imine (C=N–C) groups is 1. The van der Waals surface area contributed by atoms with Crippen LogP contribution in [0.2, 0.25) is 0 Å². The van der Waals surface area contributed by atoms with Gasteiger partial charge in [0.2, 0.25) is 0 Å². The average molecular weight is 416 g/mol. The minimum atomic E-state index is -0.501. The minimum absolute atomic E-state index is 0.332. The van der Waals surface area contributed by atoms with Crippen molar-refractivity contribution in [2.45, 2.75) is 59.4 Å². The van der Waals surface area contributed by atoms with Crippen molar-refractivity contribution in [3.8, 4) is 0 Å². The smallest absolute Gasteiger partial charge is 0.410 e. The van der Waals surface area contributed by atoms with Gasteiger partial charge >= 0.3 is 6.09 Å². The molecule has 0 unspecified atom stereocenters. The number of carbonyl (C=O) groups is 1. The molecule has 2 rings (SSSR count). The summed E-state index contributed by atoms with van der Waals surface area (Å²) in [6, 6.07) is 10.0. The Morgan fingerprint density at radius 3 is 2.37 bits per heavy atom. The third-order valence-corrected chi connectivity index (χ3v) is 4.23. The van der Waals surface area contributed by atoms with Gasteiger partial charge in [0, 0.05) is 33.3 Å². The molecule has 8 nitrogen and oxygen atoms in total. The summed E-state index contributed by atoms with van der Waals surface area (Å²) in [6.07, 6.45) is 0.515. The molecule has 0 spiro atoms. The number of guanidine groups is 1. The third kappa shape index (κ3) is 7.77. The fourth-order valence-electron chi connectivity index (χ4n) is 2.62. The lowest BCUT2D eigenvalue weighted by Crippen LogP contribution is -2.36. The maximum Gasteiger partial charge on any atom is 0.410 e. The lowest BCUT2D eigenvalue weighted by atomic mass is 10.1. The lowest BCUT2D eigenvalue weighted by Gasteiger charge is -2.24. The predicted octanol–water partition coefficient (Wildman–Crippen LogP) is 3.47. The molecule has 0 radical (unpaired) electrons. The van der Waals surface area contributed by atoms with E-state index in [9.17, 15) is 4.79 Å². The molecule has 0 saturated carbocycles. The van der Waals surface area contributed by atoms with Crippen molar-refractivity contribution in [1.82, 2.24) is 20.7 Å². The van der Waals surface area contributed by atoms with Gasteiger partial charge in [-0.3, -0.25) is 4.99 Å². The van der Waals surface area contributed by atoms with Crippen LogP contribution in [0.1, 0.15) is 50.3 Å². The van der Waals surface area contributed by atoms with Crippen LogP contribution in [0.4, 0.5) is 4.79 Å². The minimum Gasteiger partial charge on any atom is -0.444 e. The fraction of sp³-hybridized carbons (Fsp3) is 0.500. The van der Waals surface area contributed by atoms with Crippen LogP contribution < -0.4 is 10.6 Å². The van der Waals surface area contributed by atoms with Gasteiger partial charge in [-0.1, -0.05) is 36.3 Å². The number of nitrogens with zero attached hydrogens (tertiary/aromatic N) is 3. The summed E-state index contributed by atoms with van der Waals surface area (Å²) in [6.45, 7) is 9.24. The van der Waals surface area contributed by atoms with Gasteiger partial charge in [-0.05, 0) is 38.3 Å². The zero-order chi connectivity index (χ0) is 22.1. The Labute approximate surface area is 178 Å². The zero-order valence-corrected chi connectivity index (χ0v) is 18.8. The van der Waals surface area contributed by atoms with E-state index >= 15 is 0 Å². The molecule has 0 bridgehead atoms. The van der Waals surface area contributed by atoms with Gasteiger partial charge in [0.25, 0.3) is 0 Å². The van der Waals surface area contributed by atoms with Crippen molar-refractivity contribution in [3.63, 3.8) is 0 Å². The van der Waals surface area contributed by atoms with Crippen LogP contribution in [-0.2, 0) is 30.8 Å². The third-order valence-electron chi connectivity index (χ3n) is 4.23. The first-order chi connectivity index (χ1) is 14.2. The molecule has 0 fully saturated rings. The van der Waals surface area contributed by atoms with Gasteiger partial charge in [0.15, 0.2) is 11.7 Å². The molecule has 2 aromatic rings. The van der Waals surface area contributed by atoms with Crippen LogP contribution >= 0.6 is 0 Å². The van der Waals surface area contributed by atoms with Crippen LogP contribution in [-0.4, -0.2) is 41.8 Å². The monoisotopic (exact) mass is 415 g/mol. The Morgan fingerprint density at radius 1 is 1.17 bits per heavy atom. The van der Waals surface area contributed by atoms with Crippen LogP contribution in [0.15, 0.2) is 39.8 Å². The Balaban J connectivity index is 1.80. The largest absolute Gasteiger partial charge is 0.444 e. The molecule has 2 N–H and O–H groups in total. The van der Waals surface area contributed by atoms with Gasteiger partial charge in [-0.25, -0.2) is 4.79 Å². The average Bonchev–Trinajstić information content (AvgIpc) is 3.16. The Morgan fingerprint density at radius 2 is 1.80 bits per heavy atom. The number of ether oxygens (including phenoxy) is 1. The van der Waals surface area contributed by atoms with E-state index in [-0.39, 0.29) is 6.09 Å². The van der Waals surface area contributed by atoms with Gasteiger partial charge in [-0.2, -0.15) is 0 Å². The molecular formula is C22H33N5O3.